The third-order valence-electron chi connectivity index (χ3n) is 6.29. The molecule has 0 aromatic heterocycles. The van der Waals surface area contributed by atoms with Crippen molar-refractivity contribution in [2.75, 3.05) is 6.26 Å². The first-order valence-electron chi connectivity index (χ1n) is 12.2. The zero-order valence-electron chi connectivity index (χ0n) is 21.2. The Hall–Kier alpha value is -4.17. The summed E-state index contributed by atoms with van der Waals surface area (Å²) in [7, 11) is -3.33. The van der Waals surface area contributed by atoms with Gasteiger partial charge in [-0.15, -0.1) is 0 Å². The molecule has 38 heavy (non-hydrogen) atoms. The van der Waals surface area contributed by atoms with Crippen LogP contribution in [-0.4, -0.2) is 31.7 Å². The molecule has 0 bridgehead atoms. The first-order chi connectivity index (χ1) is 18.1. The van der Waals surface area contributed by atoms with E-state index in [1.54, 1.807) is 30.3 Å². The van der Waals surface area contributed by atoms with Gasteiger partial charge in [0.25, 0.3) is 5.91 Å². The maximum Gasteiger partial charge on any atom is 0.303 e. The molecule has 0 aliphatic heterocycles. The maximum absolute atomic E-state index is 13.5. The molecule has 0 saturated heterocycles. The first kappa shape index (κ1) is 26.9. The Morgan fingerprint density at radius 1 is 0.921 bits per heavy atom. The number of amides is 1. The first-order valence-corrected chi connectivity index (χ1v) is 14.1. The Bertz CT molecular complexity index is 1570. The summed E-state index contributed by atoms with van der Waals surface area (Å²) in [5.74, 6) is -0.361. The highest BCUT2D eigenvalue weighted by molar-refractivity contribution is 7.90. The van der Waals surface area contributed by atoms with Gasteiger partial charge in [-0.1, -0.05) is 48.5 Å². The summed E-state index contributed by atoms with van der Waals surface area (Å²) in [6.07, 6.45) is 1.94. The summed E-state index contributed by atoms with van der Waals surface area (Å²) in [4.78, 5) is 24.7. The lowest BCUT2D eigenvalue weighted by atomic mass is 9.98. The molecule has 0 fully saturated rings. The number of carbonyl (C=O) groups is 2. The Labute approximate surface area is 222 Å². The van der Waals surface area contributed by atoms with E-state index in [4.69, 9.17) is 9.84 Å². The monoisotopic (exact) mass is 531 g/mol. The molecule has 4 rings (SSSR count). The number of aryl methyl sites for hydroxylation is 1. The Morgan fingerprint density at radius 3 is 2.32 bits per heavy atom. The van der Waals surface area contributed by atoms with Crippen molar-refractivity contribution in [2.45, 2.75) is 37.1 Å². The van der Waals surface area contributed by atoms with E-state index in [0.29, 0.717) is 35.5 Å². The normalized spacial score (nSPS) is 12.2. The molecule has 0 radical (unpaired) electrons. The van der Waals surface area contributed by atoms with Crippen molar-refractivity contribution in [2.24, 2.45) is 0 Å². The number of carboxylic acids is 1. The van der Waals surface area contributed by atoms with E-state index in [1.165, 1.54) is 12.1 Å². The number of nitrogens with one attached hydrogen (secondary N) is 1. The second-order valence-corrected chi connectivity index (χ2v) is 11.2. The van der Waals surface area contributed by atoms with Crippen LogP contribution in [0.2, 0.25) is 0 Å². The SMILES string of the molecule is C[C@@H](NC(=O)c1cc(Oc2ccc(S(C)(=O)=O)cc2)ccc1CCCC(=O)O)c1cccc2ccccc12. The van der Waals surface area contributed by atoms with Crippen LogP contribution in [0.4, 0.5) is 0 Å². The number of rotatable bonds is 10. The number of sulfone groups is 1. The largest absolute Gasteiger partial charge is 0.481 e. The number of carboxylic acid groups (broad SMARTS) is 1. The third kappa shape index (κ3) is 6.58. The van der Waals surface area contributed by atoms with Gasteiger partial charge in [0.2, 0.25) is 0 Å². The number of hydrogen-bond donors (Lipinski definition) is 2. The number of ether oxygens (including phenoxy) is 1. The molecule has 0 aliphatic carbocycles. The molecule has 2 N–H and O–H groups in total. The van der Waals surface area contributed by atoms with Crippen molar-refractivity contribution < 1.29 is 27.9 Å². The Morgan fingerprint density at radius 2 is 1.61 bits per heavy atom. The number of carbonyl (C=O) groups excluding carboxylic acids is 1. The van der Waals surface area contributed by atoms with Crippen LogP contribution in [0.25, 0.3) is 10.8 Å². The number of aliphatic carboxylic acids is 1. The van der Waals surface area contributed by atoms with E-state index in [9.17, 15) is 18.0 Å². The number of fused-ring (bicyclic) bond motifs is 1. The summed E-state index contributed by atoms with van der Waals surface area (Å²) < 4.78 is 29.4. The minimum absolute atomic E-state index is 0.00158. The van der Waals surface area contributed by atoms with E-state index >= 15 is 0 Å². The van der Waals surface area contributed by atoms with Gasteiger partial charge < -0.3 is 15.2 Å². The van der Waals surface area contributed by atoms with Gasteiger partial charge in [0.05, 0.1) is 10.9 Å². The Balaban J connectivity index is 1.60. The predicted octanol–water partition coefficient (Wildman–Crippen LogP) is 5.93. The molecule has 0 unspecified atom stereocenters. The van der Waals surface area contributed by atoms with Crippen LogP contribution in [0.1, 0.15) is 47.3 Å². The van der Waals surface area contributed by atoms with Crippen LogP contribution < -0.4 is 10.1 Å². The minimum atomic E-state index is -3.33. The summed E-state index contributed by atoms with van der Waals surface area (Å²) in [5.41, 5.74) is 2.10. The van der Waals surface area contributed by atoms with E-state index in [0.717, 1.165) is 22.6 Å². The van der Waals surface area contributed by atoms with Crippen molar-refractivity contribution >= 4 is 32.5 Å². The minimum Gasteiger partial charge on any atom is -0.481 e. The van der Waals surface area contributed by atoms with E-state index in [2.05, 4.69) is 5.32 Å². The number of hydrogen-bond acceptors (Lipinski definition) is 5. The molecule has 0 saturated carbocycles. The highest BCUT2D eigenvalue weighted by Gasteiger charge is 2.18. The van der Waals surface area contributed by atoms with Crippen LogP contribution in [0, 0.1) is 0 Å². The van der Waals surface area contributed by atoms with Crippen molar-refractivity contribution in [3.8, 4) is 11.5 Å². The molecule has 0 spiro atoms. The molecule has 7 nitrogen and oxygen atoms in total. The van der Waals surface area contributed by atoms with Gasteiger partial charge in [-0.3, -0.25) is 9.59 Å². The van der Waals surface area contributed by atoms with E-state index in [1.807, 2.05) is 49.4 Å². The van der Waals surface area contributed by atoms with Crippen LogP contribution in [0.3, 0.4) is 0 Å². The molecule has 0 aliphatic rings. The van der Waals surface area contributed by atoms with Crippen molar-refractivity contribution in [3.05, 3.63) is 102 Å². The van der Waals surface area contributed by atoms with Gasteiger partial charge in [0.15, 0.2) is 9.84 Å². The molecule has 0 heterocycles. The van der Waals surface area contributed by atoms with Gasteiger partial charge in [0, 0.05) is 18.2 Å². The average molecular weight is 532 g/mol. The fourth-order valence-corrected chi connectivity index (χ4v) is 4.98. The van der Waals surface area contributed by atoms with Crippen LogP contribution in [0.5, 0.6) is 11.5 Å². The third-order valence-corrected chi connectivity index (χ3v) is 7.42. The van der Waals surface area contributed by atoms with Gasteiger partial charge in [-0.2, -0.15) is 0 Å². The summed E-state index contributed by atoms with van der Waals surface area (Å²) in [6, 6.07) is 24.8. The lowest BCUT2D eigenvalue weighted by Gasteiger charge is -2.19. The highest BCUT2D eigenvalue weighted by Crippen LogP contribution is 2.28. The quantitative estimate of drug-likeness (QED) is 0.262. The molecular formula is C30H29NO6S. The van der Waals surface area contributed by atoms with Crippen molar-refractivity contribution in [3.63, 3.8) is 0 Å². The second-order valence-electron chi connectivity index (χ2n) is 9.18. The fraction of sp³-hybridized carbons (Fsp3) is 0.200. The Kier molecular flexibility index (Phi) is 8.12. The standard InChI is InChI=1S/C30H29NO6S/c1-20(26-11-5-8-21-7-3-4-10-27(21)26)31-30(34)28-19-24(14-13-22(28)9-6-12-29(32)33)37-23-15-17-25(18-16-23)38(2,35)36/h3-5,7-8,10-11,13-20H,6,9,12H2,1-2H3,(H,31,34)(H,32,33)/t20-/m1/s1. The van der Waals surface area contributed by atoms with E-state index < -0.39 is 15.8 Å². The highest BCUT2D eigenvalue weighted by atomic mass is 32.2. The lowest BCUT2D eigenvalue weighted by Crippen LogP contribution is -2.27. The predicted molar refractivity (Wildman–Crippen MR) is 146 cm³/mol. The number of benzene rings is 4. The summed E-state index contributed by atoms with van der Waals surface area (Å²) >= 11 is 0. The smallest absolute Gasteiger partial charge is 0.303 e. The molecule has 8 heteroatoms. The molecule has 4 aromatic rings. The zero-order chi connectivity index (χ0) is 27.3. The van der Waals surface area contributed by atoms with Gasteiger partial charge >= 0.3 is 5.97 Å². The molecular weight excluding hydrogens is 502 g/mol. The molecule has 1 amide bonds. The fourth-order valence-electron chi connectivity index (χ4n) is 4.35. The second kappa shape index (κ2) is 11.5. The summed E-state index contributed by atoms with van der Waals surface area (Å²) in [5, 5.41) is 14.3. The zero-order valence-corrected chi connectivity index (χ0v) is 22.0. The van der Waals surface area contributed by atoms with Crippen LogP contribution in [0.15, 0.2) is 89.8 Å². The van der Waals surface area contributed by atoms with Crippen molar-refractivity contribution in [1.82, 2.24) is 5.32 Å². The van der Waals surface area contributed by atoms with Crippen LogP contribution in [-0.2, 0) is 21.1 Å². The topological polar surface area (TPSA) is 110 Å². The molecule has 1 atom stereocenters. The maximum atomic E-state index is 13.5. The molecule has 4 aromatic carbocycles. The average Bonchev–Trinajstić information content (AvgIpc) is 2.88. The molecule has 196 valence electrons. The summed E-state index contributed by atoms with van der Waals surface area (Å²) in [6.45, 7) is 1.92. The lowest BCUT2D eigenvalue weighted by molar-refractivity contribution is -0.137. The van der Waals surface area contributed by atoms with Crippen molar-refractivity contribution in [1.29, 1.82) is 0 Å². The van der Waals surface area contributed by atoms with Gasteiger partial charge in [-0.05, 0) is 78.1 Å². The van der Waals surface area contributed by atoms with Gasteiger partial charge in [0.1, 0.15) is 11.5 Å². The van der Waals surface area contributed by atoms with E-state index in [-0.39, 0.29) is 23.3 Å². The van der Waals surface area contributed by atoms with Gasteiger partial charge in [-0.25, -0.2) is 8.42 Å². The van der Waals surface area contributed by atoms with Crippen LogP contribution >= 0.6 is 0 Å².